The molecular formula is C16H24N2O2S. The second-order valence-corrected chi connectivity index (χ2v) is 6.64. The minimum atomic E-state index is 0.00480. The fourth-order valence-corrected chi connectivity index (χ4v) is 3.66. The maximum absolute atomic E-state index is 5.52. The van der Waals surface area contributed by atoms with Crippen LogP contribution in [0.1, 0.15) is 0 Å². The van der Waals surface area contributed by atoms with Gasteiger partial charge >= 0.3 is 0 Å². The predicted octanol–water partition coefficient (Wildman–Crippen LogP) is 1.77. The van der Waals surface area contributed by atoms with E-state index in [4.69, 9.17) is 9.47 Å². The Balaban J connectivity index is 1.30. The standard InChI is InChI=1S/C16H24N2O2S/c1-2-4-15(5-3-1)21-13-10-17-6-8-18(9-7-17)14-16-19-11-12-20-16/h1-5,16H,6-14H2. The lowest BCUT2D eigenvalue weighted by Crippen LogP contribution is -2.49. The van der Waals surface area contributed by atoms with Crippen molar-refractivity contribution in [2.45, 2.75) is 11.2 Å². The van der Waals surface area contributed by atoms with Gasteiger partial charge in [-0.25, -0.2) is 0 Å². The van der Waals surface area contributed by atoms with E-state index in [1.807, 2.05) is 11.8 Å². The quantitative estimate of drug-likeness (QED) is 0.746. The van der Waals surface area contributed by atoms with Crippen molar-refractivity contribution >= 4 is 11.8 Å². The van der Waals surface area contributed by atoms with Crippen LogP contribution in [-0.2, 0) is 9.47 Å². The van der Waals surface area contributed by atoms with Crippen LogP contribution < -0.4 is 0 Å². The van der Waals surface area contributed by atoms with E-state index in [0.29, 0.717) is 0 Å². The number of benzene rings is 1. The van der Waals surface area contributed by atoms with Gasteiger partial charge < -0.3 is 9.47 Å². The maximum Gasteiger partial charge on any atom is 0.170 e. The summed E-state index contributed by atoms with van der Waals surface area (Å²) in [6.45, 7) is 8.15. The minimum Gasteiger partial charge on any atom is -0.349 e. The van der Waals surface area contributed by atoms with E-state index in [-0.39, 0.29) is 6.29 Å². The van der Waals surface area contributed by atoms with Crippen molar-refractivity contribution in [1.29, 1.82) is 0 Å². The molecule has 1 aromatic carbocycles. The molecule has 0 bridgehead atoms. The van der Waals surface area contributed by atoms with E-state index < -0.39 is 0 Å². The van der Waals surface area contributed by atoms with E-state index in [9.17, 15) is 0 Å². The third-order valence-corrected chi connectivity index (χ3v) is 4.97. The second-order valence-electron chi connectivity index (χ2n) is 5.47. The Bertz CT molecular complexity index is 404. The fourth-order valence-electron chi connectivity index (χ4n) is 2.73. The second kappa shape index (κ2) is 8.15. The van der Waals surface area contributed by atoms with E-state index in [1.54, 1.807) is 0 Å². The van der Waals surface area contributed by atoms with Crippen molar-refractivity contribution in [3.8, 4) is 0 Å². The van der Waals surface area contributed by atoms with Crippen molar-refractivity contribution in [2.24, 2.45) is 0 Å². The van der Waals surface area contributed by atoms with Crippen molar-refractivity contribution in [3.05, 3.63) is 30.3 Å². The molecule has 21 heavy (non-hydrogen) atoms. The molecule has 0 unspecified atom stereocenters. The van der Waals surface area contributed by atoms with Crippen LogP contribution in [0.5, 0.6) is 0 Å². The largest absolute Gasteiger partial charge is 0.349 e. The Morgan fingerprint density at radius 2 is 1.62 bits per heavy atom. The molecule has 2 fully saturated rings. The number of piperazine rings is 1. The summed E-state index contributed by atoms with van der Waals surface area (Å²) in [5.74, 6) is 1.17. The molecule has 4 nitrogen and oxygen atoms in total. The number of nitrogens with zero attached hydrogens (tertiary/aromatic N) is 2. The summed E-state index contributed by atoms with van der Waals surface area (Å²) in [7, 11) is 0. The number of hydrogen-bond acceptors (Lipinski definition) is 5. The number of thioether (sulfide) groups is 1. The molecule has 0 N–H and O–H groups in total. The van der Waals surface area contributed by atoms with Gasteiger partial charge in [-0.1, -0.05) is 18.2 Å². The molecule has 0 atom stereocenters. The lowest BCUT2D eigenvalue weighted by molar-refractivity contribution is -0.0673. The first kappa shape index (κ1) is 15.3. The van der Waals surface area contributed by atoms with Gasteiger partial charge in [0.15, 0.2) is 6.29 Å². The fraction of sp³-hybridized carbons (Fsp3) is 0.625. The zero-order chi connectivity index (χ0) is 14.3. The first-order chi connectivity index (χ1) is 10.4. The van der Waals surface area contributed by atoms with Crippen molar-refractivity contribution < 1.29 is 9.47 Å². The van der Waals surface area contributed by atoms with Crippen LogP contribution in [-0.4, -0.2) is 74.3 Å². The molecule has 0 aliphatic carbocycles. The third kappa shape index (κ3) is 4.97. The Labute approximate surface area is 131 Å². The van der Waals surface area contributed by atoms with Gasteiger partial charge in [-0.3, -0.25) is 9.80 Å². The van der Waals surface area contributed by atoms with Crippen LogP contribution in [0.3, 0.4) is 0 Å². The van der Waals surface area contributed by atoms with Crippen molar-refractivity contribution in [3.63, 3.8) is 0 Å². The van der Waals surface area contributed by atoms with Crippen LogP contribution in [0.4, 0.5) is 0 Å². The summed E-state index contributed by atoms with van der Waals surface area (Å²) >= 11 is 1.95. The first-order valence-electron chi connectivity index (χ1n) is 7.76. The van der Waals surface area contributed by atoms with Gasteiger partial charge in [0.05, 0.1) is 13.2 Å². The lowest BCUT2D eigenvalue weighted by Gasteiger charge is -2.35. The average Bonchev–Trinajstić information content (AvgIpc) is 3.03. The predicted molar refractivity (Wildman–Crippen MR) is 85.7 cm³/mol. The normalized spacial score (nSPS) is 21.9. The maximum atomic E-state index is 5.52. The molecule has 0 amide bonds. The van der Waals surface area contributed by atoms with Crippen LogP contribution in [0.15, 0.2) is 35.2 Å². The van der Waals surface area contributed by atoms with Gasteiger partial charge in [0.2, 0.25) is 0 Å². The monoisotopic (exact) mass is 308 g/mol. The van der Waals surface area contributed by atoms with Gasteiger partial charge in [-0.05, 0) is 12.1 Å². The van der Waals surface area contributed by atoms with Gasteiger partial charge in [0.25, 0.3) is 0 Å². The molecule has 0 spiro atoms. The molecule has 2 aliphatic heterocycles. The van der Waals surface area contributed by atoms with Gasteiger partial charge in [0.1, 0.15) is 0 Å². The van der Waals surface area contributed by atoms with Crippen molar-refractivity contribution in [2.75, 3.05) is 58.2 Å². The number of hydrogen-bond donors (Lipinski definition) is 0. The highest BCUT2D eigenvalue weighted by Gasteiger charge is 2.22. The first-order valence-corrected chi connectivity index (χ1v) is 8.74. The SMILES string of the molecule is c1ccc(SCCN2CCN(CC3OCCO3)CC2)cc1. The molecule has 0 saturated carbocycles. The lowest BCUT2D eigenvalue weighted by atomic mass is 10.3. The van der Waals surface area contributed by atoms with Crippen LogP contribution >= 0.6 is 11.8 Å². The molecule has 2 aliphatic rings. The Morgan fingerprint density at radius 1 is 0.952 bits per heavy atom. The Hall–Kier alpha value is -0.590. The highest BCUT2D eigenvalue weighted by atomic mass is 32.2. The molecule has 2 heterocycles. The van der Waals surface area contributed by atoms with Gasteiger partial charge in [-0.2, -0.15) is 0 Å². The topological polar surface area (TPSA) is 24.9 Å². The summed E-state index contributed by atoms with van der Waals surface area (Å²) in [4.78, 5) is 6.38. The highest BCUT2D eigenvalue weighted by molar-refractivity contribution is 7.99. The van der Waals surface area contributed by atoms with Crippen LogP contribution in [0.2, 0.25) is 0 Å². The molecule has 0 aromatic heterocycles. The van der Waals surface area contributed by atoms with E-state index >= 15 is 0 Å². The van der Waals surface area contributed by atoms with Crippen molar-refractivity contribution in [1.82, 2.24) is 9.80 Å². The number of ether oxygens (including phenoxy) is 2. The summed E-state index contributed by atoms with van der Waals surface area (Å²) in [5.41, 5.74) is 0. The average molecular weight is 308 g/mol. The third-order valence-electron chi connectivity index (χ3n) is 3.98. The molecule has 1 aromatic rings. The number of rotatable bonds is 6. The highest BCUT2D eigenvalue weighted by Crippen LogP contribution is 2.17. The van der Waals surface area contributed by atoms with Crippen LogP contribution in [0.25, 0.3) is 0 Å². The Morgan fingerprint density at radius 3 is 2.33 bits per heavy atom. The Kier molecular flexibility index (Phi) is 5.94. The minimum absolute atomic E-state index is 0.00480. The molecule has 5 heteroatoms. The summed E-state index contributed by atoms with van der Waals surface area (Å²) in [6.07, 6.45) is 0.00480. The summed E-state index contributed by atoms with van der Waals surface area (Å²) in [5, 5.41) is 0. The molecule has 3 rings (SSSR count). The van der Waals surface area contributed by atoms with E-state index in [1.165, 1.54) is 17.2 Å². The van der Waals surface area contributed by atoms with Gasteiger partial charge in [-0.15, -0.1) is 11.8 Å². The zero-order valence-corrected chi connectivity index (χ0v) is 13.3. The van der Waals surface area contributed by atoms with E-state index in [2.05, 4.69) is 40.1 Å². The smallest absolute Gasteiger partial charge is 0.170 e. The molecule has 116 valence electrons. The molecule has 2 saturated heterocycles. The molecule has 0 radical (unpaired) electrons. The zero-order valence-electron chi connectivity index (χ0n) is 12.4. The van der Waals surface area contributed by atoms with E-state index in [0.717, 1.165) is 45.9 Å². The van der Waals surface area contributed by atoms with Crippen LogP contribution in [0, 0.1) is 0 Å². The van der Waals surface area contributed by atoms with Gasteiger partial charge in [0, 0.05) is 49.9 Å². The molecular weight excluding hydrogens is 284 g/mol. The summed E-state index contributed by atoms with van der Waals surface area (Å²) in [6, 6.07) is 10.7. The summed E-state index contributed by atoms with van der Waals surface area (Å²) < 4.78 is 11.0.